The molecule has 1 unspecified atom stereocenters. The normalized spacial score (nSPS) is 28.4. The molecule has 2 N–H and O–H groups in total. The minimum Gasteiger partial charge on any atom is -0.396 e. The molecule has 0 saturated carbocycles. The van der Waals surface area contributed by atoms with Gasteiger partial charge in [0.1, 0.15) is 0 Å². The molecule has 3 aliphatic heterocycles. The number of urea groups is 1. The molecule has 0 spiro atoms. The van der Waals surface area contributed by atoms with Crippen LogP contribution in [0.15, 0.2) is 0 Å². The van der Waals surface area contributed by atoms with Crippen LogP contribution in [-0.4, -0.2) is 90.3 Å². The van der Waals surface area contributed by atoms with Crippen LogP contribution in [0.2, 0.25) is 0 Å². The van der Waals surface area contributed by atoms with Crippen LogP contribution >= 0.6 is 0 Å². The highest BCUT2D eigenvalue weighted by Crippen LogP contribution is 2.22. The standard InChI is InChI=1S/C18H34N4O2/c1-20-10-6-16(7-11-20)21-12-4-15(5-13-21)19-18(24)22-9-2-3-17(22)8-14-23/h15-17,23H,2-14H2,1H3,(H,19,24). The first-order chi connectivity index (χ1) is 11.7. The Morgan fingerprint density at radius 2 is 1.75 bits per heavy atom. The van der Waals surface area contributed by atoms with Gasteiger partial charge < -0.3 is 25.1 Å². The summed E-state index contributed by atoms with van der Waals surface area (Å²) in [7, 11) is 2.21. The molecule has 2 amide bonds. The highest BCUT2D eigenvalue weighted by atomic mass is 16.3. The van der Waals surface area contributed by atoms with Gasteiger partial charge in [-0.25, -0.2) is 4.79 Å². The van der Waals surface area contributed by atoms with Crippen molar-refractivity contribution < 1.29 is 9.90 Å². The number of carbonyl (C=O) groups excluding carboxylic acids is 1. The molecule has 3 fully saturated rings. The molecule has 0 aliphatic carbocycles. The first kappa shape index (κ1) is 18.0. The van der Waals surface area contributed by atoms with Crippen molar-refractivity contribution in [2.24, 2.45) is 0 Å². The summed E-state index contributed by atoms with van der Waals surface area (Å²) >= 11 is 0. The summed E-state index contributed by atoms with van der Waals surface area (Å²) in [5.74, 6) is 0. The lowest BCUT2D eigenvalue weighted by molar-refractivity contribution is 0.0915. The zero-order chi connectivity index (χ0) is 16.9. The number of amides is 2. The fourth-order valence-electron chi connectivity index (χ4n) is 4.58. The number of nitrogens with zero attached hydrogens (tertiary/aromatic N) is 3. The smallest absolute Gasteiger partial charge is 0.317 e. The topological polar surface area (TPSA) is 59.0 Å². The van der Waals surface area contributed by atoms with Gasteiger partial charge in [0, 0.05) is 44.4 Å². The van der Waals surface area contributed by atoms with Gasteiger partial charge in [0.25, 0.3) is 0 Å². The average Bonchev–Trinajstić information content (AvgIpc) is 3.05. The van der Waals surface area contributed by atoms with Crippen LogP contribution in [0.5, 0.6) is 0 Å². The largest absolute Gasteiger partial charge is 0.396 e. The van der Waals surface area contributed by atoms with Gasteiger partial charge in [0.2, 0.25) is 0 Å². The second-order valence-electron chi connectivity index (χ2n) is 7.80. The molecule has 0 aromatic rings. The van der Waals surface area contributed by atoms with E-state index in [1.165, 1.54) is 25.9 Å². The van der Waals surface area contributed by atoms with Crippen molar-refractivity contribution in [2.45, 2.75) is 63.1 Å². The van der Waals surface area contributed by atoms with Crippen LogP contribution in [0.4, 0.5) is 4.79 Å². The molecular formula is C18H34N4O2. The average molecular weight is 338 g/mol. The van der Waals surface area contributed by atoms with E-state index < -0.39 is 0 Å². The van der Waals surface area contributed by atoms with Crippen molar-refractivity contribution in [3.05, 3.63) is 0 Å². The summed E-state index contributed by atoms with van der Waals surface area (Å²) in [5.41, 5.74) is 0. The number of aliphatic hydroxyl groups is 1. The van der Waals surface area contributed by atoms with Crippen molar-refractivity contribution in [3.63, 3.8) is 0 Å². The molecule has 24 heavy (non-hydrogen) atoms. The summed E-state index contributed by atoms with van der Waals surface area (Å²) in [6.07, 6.45) is 7.50. The Morgan fingerprint density at radius 1 is 1.04 bits per heavy atom. The van der Waals surface area contributed by atoms with Gasteiger partial charge in [-0.3, -0.25) is 0 Å². The lowest BCUT2D eigenvalue weighted by atomic mass is 9.98. The predicted octanol–water partition coefficient (Wildman–Crippen LogP) is 1.10. The van der Waals surface area contributed by atoms with E-state index in [0.717, 1.165) is 51.4 Å². The molecule has 0 aromatic carbocycles. The second-order valence-corrected chi connectivity index (χ2v) is 7.80. The van der Waals surface area contributed by atoms with Gasteiger partial charge in [0.05, 0.1) is 0 Å². The van der Waals surface area contributed by atoms with E-state index in [2.05, 4.69) is 22.2 Å². The molecule has 3 aliphatic rings. The number of nitrogens with one attached hydrogen (secondary N) is 1. The van der Waals surface area contributed by atoms with E-state index >= 15 is 0 Å². The van der Waals surface area contributed by atoms with Crippen LogP contribution in [0.1, 0.15) is 44.9 Å². The Bertz CT molecular complexity index is 404. The number of likely N-dealkylation sites (tertiary alicyclic amines) is 3. The first-order valence-corrected chi connectivity index (χ1v) is 9.78. The van der Waals surface area contributed by atoms with Crippen molar-refractivity contribution in [1.82, 2.24) is 20.0 Å². The maximum atomic E-state index is 12.5. The highest BCUT2D eigenvalue weighted by Gasteiger charge is 2.31. The van der Waals surface area contributed by atoms with E-state index in [4.69, 9.17) is 5.11 Å². The first-order valence-electron chi connectivity index (χ1n) is 9.78. The number of hydrogen-bond acceptors (Lipinski definition) is 4. The zero-order valence-electron chi connectivity index (χ0n) is 15.1. The Morgan fingerprint density at radius 3 is 2.42 bits per heavy atom. The molecule has 0 aromatic heterocycles. The van der Waals surface area contributed by atoms with Crippen molar-refractivity contribution in [2.75, 3.05) is 46.4 Å². The minimum absolute atomic E-state index is 0.0868. The Hall–Kier alpha value is -0.850. The molecule has 3 heterocycles. The van der Waals surface area contributed by atoms with Gasteiger partial charge >= 0.3 is 6.03 Å². The number of piperidine rings is 2. The van der Waals surface area contributed by atoms with E-state index in [1.54, 1.807) is 0 Å². The number of carbonyl (C=O) groups is 1. The van der Waals surface area contributed by atoms with Gasteiger partial charge in [-0.05, 0) is 65.1 Å². The van der Waals surface area contributed by atoms with E-state index in [9.17, 15) is 4.79 Å². The monoisotopic (exact) mass is 338 g/mol. The molecule has 1 atom stereocenters. The van der Waals surface area contributed by atoms with Gasteiger partial charge in [0.15, 0.2) is 0 Å². The second kappa shape index (κ2) is 8.50. The fourth-order valence-corrected chi connectivity index (χ4v) is 4.58. The lowest BCUT2D eigenvalue weighted by Gasteiger charge is -2.41. The highest BCUT2D eigenvalue weighted by molar-refractivity contribution is 5.75. The third-order valence-corrected chi connectivity index (χ3v) is 6.16. The van der Waals surface area contributed by atoms with Crippen LogP contribution < -0.4 is 5.32 Å². The van der Waals surface area contributed by atoms with Crippen molar-refractivity contribution in [3.8, 4) is 0 Å². The number of aliphatic hydroxyl groups excluding tert-OH is 1. The Kier molecular flexibility index (Phi) is 6.36. The van der Waals surface area contributed by atoms with Crippen molar-refractivity contribution >= 4 is 6.03 Å². The molecule has 6 nitrogen and oxygen atoms in total. The van der Waals surface area contributed by atoms with Gasteiger partial charge in [-0.1, -0.05) is 0 Å². The third-order valence-electron chi connectivity index (χ3n) is 6.16. The van der Waals surface area contributed by atoms with Crippen molar-refractivity contribution in [1.29, 1.82) is 0 Å². The molecule has 138 valence electrons. The molecule has 3 rings (SSSR count). The minimum atomic E-state index is 0.0868. The van der Waals surface area contributed by atoms with E-state index in [1.807, 2.05) is 4.90 Å². The van der Waals surface area contributed by atoms with Crippen LogP contribution in [0.25, 0.3) is 0 Å². The Balaban J connectivity index is 1.41. The molecule has 0 radical (unpaired) electrons. The SMILES string of the molecule is CN1CCC(N2CCC(NC(=O)N3CCCC3CCO)CC2)CC1. The van der Waals surface area contributed by atoms with Crippen LogP contribution in [-0.2, 0) is 0 Å². The summed E-state index contributed by atoms with van der Waals surface area (Å²) in [5, 5.41) is 12.4. The lowest BCUT2D eigenvalue weighted by Crippen LogP contribution is -2.53. The molecular weight excluding hydrogens is 304 g/mol. The summed E-state index contributed by atoms with van der Waals surface area (Å²) in [4.78, 5) is 19.5. The quantitative estimate of drug-likeness (QED) is 0.806. The maximum Gasteiger partial charge on any atom is 0.317 e. The number of hydrogen-bond donors (Lipinski definition) is 2. The van der Waals surface area contributed by atoms with Crippen LogP contribution in [0, 0.1) is 0 Å². The molecule has 3 saturated heterocycles. The van der Waals surface area contributed by atoms with Gasteiger partial charge in [-0.2, -0.15) is 0 Å². The fraction of sp³-hybridized carbons (Fsp3) is 0.944. The summed E-state index contributed by atoms with van der Waals surface area (Å²) in [6, 6.07) is 1.37. The summed E-state index contributed by atoms with van der Waals surface area (Å²) in [6.45, 7) is 5.65. The predicted molar refractivity (Wildman–Crippen MR) is 95.1 cm³/mol. The summed E-state index contributed by atoms with van der Waals surface area (Å²) < 4.78 is 0. The maximum absolute atomic E-state index is 12.5. The van der Waals surface area contributed by atoms with Crippen LogP contribution in [0.3, 0.4) is 0 Å². The van der Waals surface area contributed by atoms with Gasteiger partial charge in [-0.15, -0.1) is 0 Å². The zero-order valence-corrected chi connectivity index (χ0v) is 15.1. The van der Waals surface area contributed by atoms with E-state index in [-0.39, 0.29) is 18.7 Å². The third kappa shape index (κ3) is 4.41. The van der Waals surface area contributed by atoms with E-state index in [0.29, 0.717) is 12.5 Å². The molecule has 0 bridgehead atoms. The number of rotatable bonds is 4. The Labute approximate surface area is 146 Å². The molecule has 6 heteroatoms.